The fraction of sp³-hybridized carbons (Fsp3) is 0.600. The van der Waals surface area contributed by atoms with E-state index >= 15 is 0 Å². The van der Waals surface area contributed by atoms with Gasteiger partial charge in [-0.15, -0.1) is 0 Å². The summed E-state index contributed by atoms with van der Waals surface area (Å²) in [5, 5.41) is 0. The van der Waals surface area contributed by atoms with Crippen molar-refractivity contribution in [3.05, 3.63) is 18.3 Å². The van der Waals surface area contributed by atoms with Crippen molar-refractivity contribution < 1.29 is 9.53 Å². The molecule has 1 fully saturated rings. The monoisotopic (exact) mass is 260 g/mol. The van der Waals surface area contributed by atoms with Gasteiger partial charge in [-0.05, 0) is 37.8 Å². The zero-order chi connectivity index (χ0) is 13.2. The molecule has 4 heteroatoms. The van der Waals surface area contributed by atoms with Gasteiger partial charge in [-0.2, -0.15) is 0 Å². The van der Waals surface area contributed by atoms with Gasteiger partial charge in [0.1, 0.15) is 5.69 Å². The van der Waals surface area contributed by atoms with E-state index < -0.39 is 6.10 Å². The molecular weight excluding hydrogens is 240 g/mol. The van der Waals surface area contributed by atoms with Gasteiger partial charge in [-0.25, -0.2) is 4.98 Å². The maximum absolute atomic E-state index is 12.3. The van der Waals surface area contributed by atoms with Crippen molar-refractivity contribution >= 4 is 11.6 Å². The van der Waals surface area contributed by atoms with Crippen LogP contribution in [0.3, 0.4) is 0 Å². The Morgan fingerprint density at radius 3 is 2.95 bits per heavy atom. The Hall–Kier alpha value is -1.58. The zero-order valence-corrected chi connectivity index (χ0v) is 11.3. The summed E-state index contributed by atoms with van der Waals surface area (Å²) in [6.45, 7) is 2.61. The molecule has 0 spiro atoms. The van der Waals surface area contributed by atoms with Gasteiger partial charge in [0.25, 0.3) is 5.91 Å². The van der Waals surface area contributed by atoms with Crippen LogP contribution in [0.4, 0.5) is 5.69 Å². The Labute approximate surface area is 113 Å². The van der Waals surface area contributed by atoms with Crippen LogP contribution in [0.25, 0.3) is 0 Å². The third-order valence-electron chi connectivity index (χ3n) is 4.11. The number of nitrogens with zero attached hydrogens (tertiary/aromatic N) is 2. The Balaban J connectivity index is 1.83. The molecular formula is C15H20N2O2. The number of carbonyl (C=O) groups is 1. The van der Waals surface area contributed by atoms with Gasteiger partial charge in [0.05, 0.1) is 0 Å². The van der Waals surface area contributed by atoms with Crippen LogP contribution >= 0.6 is 0 Å². The molecule has 0 radical (unpaired) electrons. The number of aromatic nitrogens is 1. The van der Waals surface area contributed by atoms with Crippen LogP contribution in [0.15, 0.2) is 18.3 Å². The topological polar surface area (TPSA) is 42.4 Å². The molecule has 1 aliphatic carbocycles. The lowest BCUT2D eigenvalue weighted by Crippen LogP contribution is -2.46. The number of hydrogen-bond acceptors (Lipinski definition) is 3. The van der Waals surface area contributed by atoms with Crippen molar-refractivity contribution in [2.75, 3.05) is 11.4 Å². The van der Waals surface area contributed by atoms with Crippen molar-refractivity contribution in [3.63, 3.8) is 0 Å². The van der Waals surface area contributed by atoms with Crippen molar-refractivity contribution in [1.29, 1.82) is 0 Å². The van der Waals surface area contributed by atoms with E-state index in [1.807, 2.05) is 17.0 Å². The molecule has 1 aliphatic heterocycles. The van der Waals surface area contributed by atoms with Crippen LogP contribution in [-0.4, -0.2) is 23.5 Å². The zero-order valence-electron chi connectivity index (χ0n) is 11.3. The van der Waals surface area contributed by atoms with Crippen molar-refractivity contribution in [2.45, 2.75) is 45.1 Å². The Morgan fingerprint density at radius 2 is 2.16 bits per heavy atom. The van der Waals surface area contributed by atoms with Crippen LogP contribution in [0.2, 0.25) is 0 Å². The molecule has 4 nitrogen and oxygen atoms in total. The second kappa shape index (κ2) is 5.19. The van der Waals surface area contributed by atoms with E-state index in [0.717, 1.165) is 12.2 Å². The summed E-state index contributed by atoms with van der Waals surface area (Å²) in [6.07, 6.45) is 7.66. The second-order valence-electron chi connectivity index (χ2n) is 5.54. The number of carbonyl (C=O) groups excluding carboxylic acids is 1. The Bertz CT molecular complexity index is 469. The summed E-state index contributed by atoms with van der Waals surface area (Å²) in [6, 6.07) is 3.79. The molecule has 0 bridgehead atoms. The van der Waals surface area contributed by atoms with Crippen molar-refractivity contribution in [1.82, 2.24) is 4.98 Å². The van der Waals surface area contributed by atoms with E-state index in [9.17, 15) is 4.79 Å². The normalized spacial score (nSPS) is 23.9. The molecule has 1 aromatic rings. The molecule has 19 heavy (non-hydrogen) atoms. The molecule has 1 unspecified atom stereocenters. The van der Waals surface area contributed by atoms with Crippen LogP contribution < -0.4 is 9.64 Å². The number of amides is 1. The lowest BCUT2D eigenvalue weighted by Gasteiger charge is -2.35. The third kappa shape index (κ3) is 2.44. The van der Waals surface area contributed by atoms with Crippen LogP contribution in [0.5, 0.6) is 5.88 Å². The fourth-order valence-corrected chi connectivity index (χ4v) is 3.05. The quantitative estimate of drug-likeness (QED) is 0.821. The first-order chi connectivity index (χ1) is 9.25. The molecule has 1 amide bonds. The van der Waals surface area contributed by atoms with Crippen LogP contribution in [0.1, 0.15) is 39.0 Å². The number of ether oxygens (including phenoxy) is 1. The molecule has 0 aromatic carbocycles. The van der Waals surface area contributed by atoms with Crippen LogP contribution in [0, 0.1) is 5.92 Å². The highest BCUT2D eigenvalue weighted by Crippen LogP contribution is 2.34. The first kappa shape index (κ1) is 12.5. The van der Waals surface area contributed by atoms with E-state index in [0.29, 0.717) is 11.8 Å². The summed E-state index contributed by atoms with van der Waals surface area (Å²) < 4.78 is 5.56. The maximum Gasteiger partial charge on any atom is 0.267 e. The van der Waals surface area contributed by atoms with Gasteiger partial charge < -0.3 is 9.64 Å². The average molecular weight is 260 g/mol. The highest BCUT2D eigenvalue weighted by atomic mass is 16.5. The minimum Gasteiger partial charge on any atom is -0.463 e. The van der Waals surface area contributed by atoms with Gasteiger partial charge >= 0.3 is 0 Å². The van der Waals surface area contributed by atoms with E-state index in [2.05, 4.69) is 4.98 Å². The second-order valence-corrected chi connectivity index (χ2v) is 5.54. The van der Waals surface area contributed by atoms with Crippen molar-refractivity contribution in [3.8, 4) is 5.88 Å². The summed E-state index contributed by atoms with van der Waals surface area (Å²) >= 11 is 0. The van der Waals surface area contributed by atoms with Gasteiger partial charge in [-0.3, -0.25) is 4.79 Å². The molecule has 0 saturated heterocycles. The summed E-state index contributed by atoms with van der Waals surface area (Å²) in [5.41, 5.74) is 0.830. The van der Waals surface area contributed by atoms with E-state index in [-0.39, 0.29) is 5.91 Å². The summed E-state index contributed by atoms with van der Waals surface area (Å²) in [7, 11) is 0. The highest BCUT2D eigenvalue weighted by Gasteiger charge is 2.33. The predicted octanol–water partition coefficient (Wildman–Crippen LogP) is 2.78. The number of hydrogen-bond donors (Lipinski definition) is 0. The summed E-state index contributed by atoms with van der Waals surface area (Å²) in [4.78, 5) is 18.4. The molecule has 2 aliphatic rings. The molecule has 1 atom stereocenters. The van der Waals surface area contributed by atoms with Gasteiger partial charge in [0, 0.05) is 12.7 Å². The lowest BCUT2D eigenvalue weighted by atomic mass is 9.88. The fourth-order valence-electron chi connectivity index (χ4n) is 3.05. The Kier molecular flexibility index (Phi) is 3.40. The number of fused-ring (bicyclic) bond motifs is 1. The van der Waals surface area contributed by atoms with E-state index in [4.69, 9.17) is 4.74 Å². The molecule has 1 aromatic heterocycles. The van der Waals surface area contributed by atoms with Gasteiger partial charge in [0.15, 0.2) is 6.10 Å². The Morgan fingerprint density at radius 1 is 1.37 bits per heavy atom. The molecule has 102 valence electrons. The number of anilines is 1. The van der Waals surface area contributed by atoms with Gasteiger partial charge in [0.2, 0.25) is 5.88 Å². The third-order valence-corrected chi connectivity index (χ3v) is 4.11. The minimum atomic E-state index is -0.425. The smallest absolute Gasteiger partial charge is 0.267 e. The lowest BCUT2D eigenvalue weighted by molar-refractivity contribution is -0.125. The SMILES string of the molecule is CC1Oc2ncccc2N(CC2CCCCC2)C1=O. The number of rotatable bonds is 2. The first-order valence-corrected chi connectivity index (χ1v) is 7.19. The molecule has 1 saturated carbocycles. The molecule has 3 rings (SSSR count). The highest BCUT2D eigenvalue weighted by molar-refractivity contribution is 5.99. The van der Waals surface area contributed by atoms with E-state index in [1.165, 1.54) is 32.1 Å². The van der Waals surface area contributed by atoms with E-state index in [1.54, 1.807) is 13.1 Å². The first-order valence-electron chi connectivity index (χ1n) is 7.19. The molecule has 0 N–H and O–H groups in total. The maximum atomic E-state index is 12.3. The molecule has 2 heterocycles. The van der Waals surface area contributed by atoms with Gasteiger partial charge in [-0.1, -0.05) is 19.3 Å². The number of pyridine rings is 1. The standard InChI is InChI=1S/C15H20N2O2/c1-11-15(18)17(10-12-6-3-2-4-7-12)13-8-5-9-16-14(13)19-11/h5,8-9,11-12H,2-4,6-7,10H2,1H3. The van der Waals surface area contributed by atoms with Crippen molar-refractivity contribution in [2.24, 2.45) is 5.92 Å². The summed E-state index contributed by atoms with van der Waals surface area (Å²) in [5.74, 6) is 1.27. The largest absolute Gasteiger partial charge is 0.463 e. The van der Waals surface area contributed by atoms with Crippen LogP contribution in [-0.2, 0) is 4.79 Å². The predicted molar refractivity (Wildman–Crippen MR) is 73.3 cm³/mol. The average Bonchev–Trinajstić information content (AvgIpc) is 2.45. The minimum absolute atomic E-state index is 0.0612.